The molecule has 3 N–H and O–H groups in total. The standard InChI is InChI=1S/C36H40N4O8/c1-45-31-16-13-28(25-7-9-26(10-8-25)33(37)39-36(44)48-22-24-5-3-2-4-6-24)21-30(31)34(42)38-29-14-11-27(12-15-29)35(43)47-23-32(41)40-17-19-46-20-18-40/h2-10,13,16,21,27,29H,11-12,14-15,17-20,22-23H2,1H3,(H,38,42)(H2,37,39,44)/t27-,29-. The van der Waals surface area contributed by atoms with Gasteiger partial charge in [0.15, 0.2) is 6.61 Å². The third-order valence-corrected chi connectivity index (χ3v) is 8.49. The first kappa shape index (κ1) is 34.1. The van der Waals surface area contributed by atoms with Gasteiger partial charge in [0.25, 0.3) is 11.8 Å². The molecule has 0 atom stereocenters. The number of benzene rings is 3. The van der Waals surface area contributed by atoms with Gasteiger partial charge in [0.1, 0.15) is 18.2 Å². The maximum Gasteiger partial charge on any atom is 0.413 e. The highest BCUT2D eigenvalue weighted by Gasteiger charge is 2.30. The quantitative estimate of drug-likeness (QED) is 0.166. The van der Waals surface area contributed by atoms with Crippen LogP contribution in [0, 0.1) is 11.3 Å². The summed E-state index contributed by atoms with van der Waals surface area (Å²) in [4.78, 5) is 52.1. The van der Waals surface area contributed by atoms with E-state index in [4.69, 9.17) is 24.4 Å². The highest BCUT2D eigenvalue weighted by Crippen LogP contribution is 2.29. The van der Waals surface area contributed by atoms with Crippen molar-refractivity contribution in [2.75, 3.05) is 40.0 Å². The average Bonchev–Trinajstić information content (AvgIpc) is 3.13. The Kier molecular flexibility index (Phi) is 11.8. The van der Waals surface area contributed by atoms with Crippen molar-refractivity contribution in [2.24, 2.45) is 5.92 Å². The Hall–Kier alpha value is -5.23. The number of hydrogen-bond acceptors (Lipinski definition) is 9. The van der Waals surface area contributed by atoms with E-state index in [2.05, 4.69) is 10.6 Å². The Labute approximate surface area is 279 Å². The molecular formula is C36H40N4O8. The number of amides is 3. The van der Waals surface area contributed by atoms with Gasteiger partial charge in [0.05, 0.1) is 31.8 Å². The number of nitrogens with one attached hydrogen (secondary N) is 3. The van der Waals surface area contributed by atoms with Crippen molar-refractivity contribution in [3.05, 3.63) is 89.5 Å². The number of amidine groups is 1. The molecule has 0 bridgehead atoms. The fourth-order valence-electron chi connectivity index (χ4n) is 5.72. The summed E-state index contributed by atoms with van der Waals surface area (Å²) in [7, 11) is 1.50. The molecule has 2 aliphatic rings. The maximum absolute atomic E-state index is 13.4. The lowest BCUT2D eigenvalue weighted by atomic mass is 9.86. The predicted molar refractivity (Wildman–Crippen MR) is 177 cm³/mol. The van der Waals surface area contributed by atoms with Crippen LogP contribution in [0.25, 0.3) is 11.1 Å². The summed E-state index contributed by atoms with van der Waals surface area (Å²) in [5.41, 5.74) is 3.28. The fraction of sp³-hybridized carbons (Fsp3) is 0.361. The summed E-state index contributed by atoms with van der Waals surface area (Å²) in [5.74, 6) is -0.863. The molecule has 0 unspecified atom stereocenters. The summed E-state index contributed by atoms with van der Waals surface area (Å²) in [5, 5.41) is 13.8. The molecule has 1 heterocycles. The minimum Gasteiger partial charge on any atom is -0.496 e. The SMILES string of the molecule is COc1ccc(-c2ccc(C(=N)NC(=O)OCc3ccccc3)cc2)cc1C(=O)N[C@H]1CC[C@H](C(=O)OCC(=O)N2CCOCC2)CC1. The maximum atomic E-state index is 13.4. The van der Waals surface area contributed by atoms with E-state index in [9.17, 15) is 19.2 Å². The first-order valence-corrected chi connectivity index (χ1v) is 16.0. The van der Waals surface area contributed by atoms with Crippen LogP contribution in [-0.4, -0.2) is 80.7 Å². The second-order valence-electron chi connectivity index (χ2n) is 11.7. The molecule has 5 rings (SSSR count). The van der Waals surface area contributed by atoms with Gasteiger partial charge >= 0.3 is 12.1 Å². The Morgan fingerprint density at radius 2 is 1.56 bits per heavy atom. The number of methoxy groups -OCH3 is 1. The van der Waals surface area contributed by atoms with Gasteiger partial charge in [-0.15, -0.1) is 0 Å². The fourth-order valence-corrected chi connectivity index (χ4v) is 5.72. The van der Waals surface area contributed by atoms with Crippen molar-refractivity contribution in [1.29, 1.82) is 5.41 Å². The van der Waals surface area contributed by atoms with Crippen LogP contribution in [0.5, 0.6) is 5.75 Å². The summed E-state index contributed by atoms with van der Waals surface area (Å²) in [6.45, 7) is 1.80. The number of nitrogens with zero attached hydrogens (tertiary/aromatic N) is 1. The Morgan fingerprint density at radius 3 is 2.25 bits per heavy atom. The van der Waals surface area contributed by atoms with Crippen molar-refractivity contribution in [3.8, 4) is 16.9 Å². The van der Waals surface area contributed by atoms with Gasteiger partial charge in [0, 0.05) is 24.7 Å². The monoisotopic (exact) mass is 656 g/mol. The first-order chi connectivity index (χ1) is 23.3. The van der Waals surface area contributed by atoms with Crippen molar-refractivity contribution >= 4 is 29.7 Å². The number of alkyl carbamates (subject to hydrolysis) is 1. The third kappa shape index (κ3) is 9.19. The Balaban J connectivity index is 1.11. The highest BCUT2D eigenvalue weighted by atomic mass is 16.5. The minimum atomic E-state index is -0.719. The number of esters is 1. The largest absolute Gasteiger partial charge is 0.496 e. The molecule has 3 aromatic carbocycles. The zero-order chi connectivity index (χ0) is 33.9. The predicted octanol–water partition coefficient (Wildman–Crippen LogP) is 4.30. The van der Waals surface area contributed by atoms with E-state index in [1.807, 2.05) is 36.4 Å². The molecule has 12 heteroatoms. The molecule has 0 aromatic heterocycles. The van der Waals surface area contributed by atoms with Crippen LogP contribution >= 0.6 is 0 Å². The van der Waals surface area contributed by atoms with Gasteiger partial charge in [-0.05, 0) is 54.5 Å². The van der Waals surface area contributed by atoms with Gasteiger partial charge < -0.3 is 29.2 Å². The molecule has 1 saturated carbocycles. The Bertz CT molecular complexity index is 1600. The van der Waals surface area contributed by atoms with Crippen LogP contribution in [0.4, 0.5) is 4.79 Å². The summed E-state index contributed by atoms with van der Waals surface area (Å²) in [6, 6.07) is 21.5. The van der Waals surface area contributed by atoms with Crippen LogP contribution in [0.15, 0.2) is 72.8 Å². The molecule has 12 nitrogen and oxygen atoms in total. The van der Waals surface area contributed by atoms with Crippen molar-refractivity contribution < 1.29 is 38.1 Å². The lowest BCUT2D eigenvalue weighted by Gasteiger charge is -2.29. The number of ether oxygens (including phenoxy) is 4. The van der Waals surface area contributed by atoms with Gasteiger partial charge in [-0.3, -0.25) is 25.1 Å². The van der Waals surface area contributed by atoms with Crippen LogP contribution in [0.3, 0.4) is 0 Å². The van der Waals surface area contributed by atoms with Crippen molar-refractivity contribution in [3.63, 3.8) is 0 Å². The molecule has 2 fully saturated rings. The van der Waals surface area contributed by atoms with Crippen LogP contribution in [0.2, 0.25) is 0 Å². The number of morpholine rings is 1. The first-order valence-electron chi connectivity index (χ1n) is 16.0. The zero-order valence-corrected chi connectivity index (χ0v) is 26.9. The molecule has 1 saturated heterocycles. The van der Waals surface area contributed by atoms with E-state index in [0.717, 1.165) is 16.7 Å². The number of carbonyl (C=O) groups is 4. The topological polar surface area (TPSA) is 156 Å². The highest BCUT2D eigenvalue weighted by molar-refractivity contribution is 6.04. The minimum absolute atomic E-state index is 0.0983. The van der Waals surface area contributed by atoms with E-state index >= 15 is 0 Å². The van der Waals surface area contributed by atoms with E-state index in [0.29, 0.717) is 68.9 Å². The van der Waals surface area contributed by atoms with E-state index in [-0.39, 0.29) is 48.8 Å². The number of carbonyl (C=O) groups excluding carboxylic acids is 4. The second-order valence-corrected chi connectivity index (χ2v) is 11.7. The molecular weight excluding hydrogens is 616 g/mol. The molecule has 48 heavy (non-hydrogen) atoms. The van der Waals surface area contributed by atoms with E-state index in [1.165, 1.54) is 7.11 Å². The molecule has 0 spiro atoms. The molecule has 1 aliphatic carbocycles. The van der Waals surface area contributed by atoms with Crippen LogP contribution in [-0.2, 0) is 30.4 Å². The summed E-state index contributed by atoms with van der Waals surface area (Å²) in [6.07, 6.45) is 1.59. The average molecular weight is 657 g/mol. The smallest absolute Gasteiger partial charge is 0.413 e. The second kappa shape index (κ2) is 16.6. The zero-order valence-electron chi connectivity index (χ0n) is 26.9. The summed E-state index contributed by atoms with van der Waals surface area (Å²) < 4.78 is 21.3. The van der Waals surface area contributed by atoms with Gasteiger partial charge in [-0.1, -0.05) is 60.7 Å². The Morgan fingerprint density at radius 1 is 0.875 bits per heavy atom. The molecule has 0 radical (unpaired) electrons. The summed E-state index contributed by atoms with van der Waals surface area (Å²) >= 11 is 0. The number of hydrogen-bond donors (Lipinski definition) is 3. The molecule has 252 valence electrons. The van der Waals surface area contributed by atoms with Crippen LogP contribution in [0.1, 0.15) is 47.2 Å². The lowest BCUT2D eigenvalue weighted by molar-refractivity contribution is -0.157. The normalized spacial score (nSPS) is 17.5. The van der Waals surface area contributed by atoms with Crippen LogP contribution < -0.4 is 15.4 Å². The van der Waals surface area contributed by atoms with Gasteiger partial charge in [0.2, 0.25) is 0 Å². The third-order valence-electron chi connectivity index (χ3n) is 8.49. The molecule has 1 aliphatic heterocycles. The van der Waals surface area contributed by atoms with E-state index in [1.54, 1.807) is 41.3 Å². The van der Waals surface area contributed by atoms with Gasteiger partial charge in [-0.2, -0.15) is 0 Å². The lowest BCUT2D eigenvalue weighted by Crippen LogP contribution is -2.43. The number of rotatable bonds is 10. The van der Waals surface area contributed by atoms with Crippen molar-refractivity contribution in [1.82, 2.24) is 15.5 Å². The van der Waals surface area contributed by atoms with Crippen molar-refractivity contribution in [2.45, 2.75) is 38.3 Å². The molecule has 3 aromatic rings. The molecule has 3 amide bonds. The van der Waals surface area contributed by atoms with Gasteiger partial charge in [-0.25, -0.2) is 4.79 Å². The van der Waals surface area contributed by atoms with E-state index < -0.39 is 6.09 Å².